The van der Waals surface area contributed by atoms with E-state index in [4.69, 9.17) is 23.2 Å². The quantitative estimate of drug-likeness (QED) is 0.749. The summed E-state index contributed by atoms with van der Waals surface area (Å²) in [6.07, 6.45) is 0. The third kappa shape index (κ3) is 3.96. The Morgan fingerprint density at radius 2 is 1.74 bits per heavy atom. The molecule has 0 saturated heterocycles. The Labute approximate surface area is 132 Å². The van der Waals surface area contributed by atoms with Crippen LogP contribution in [0.2, 0.25) is 10.0 Å². The Morgan fingerprint density at radius 3 is 2.37 bits per heavy atom. The highest BCUT2D eigenvalue weighted by molar-refractivity contribution is 9.10. The Morgan fingerprint density at radius 1 is 1.11 bits per heavy atom. The summed E-state index contributed by atoms with van der Waals surface area (Å²) in [6, 6.07) is 14.0. The zero-order valence-electron chi connectivity index (χ0n) is 10.5. The molecular weight excluding hydrogens is 345 g/mol. The van der Waals surface area contributed by atoms with E-state index in [1.165, 1.54) is 5.56 Å². The summed E-state index contributed by atoms with van der Waals surface area (Å²) >= 11 is 15.8. The summed E-state index contributed by atoms with van der Waals surface area (Å²) in [5.41, 5.74) is 2.16. The highest BCUT2D eigenvalue weighted by Crippen LogP contribution is 2.25. The first-order valence-electron chi connectivity index (χ1n) is 5.99. The van der Waals surface area contributed by atoms with Crippen LogP contribution in [-0.2, 0) is 6.54 Å². The lowest BCUT2D eigenvalue weighted by Gasteiger charge is -2.16. The molecule has 0 fully saturated rings. The Kier molecular flexibility index (Phi) is 5.28. The number of hydrogen-bond acceptors (Lipinski definition) is 1. The highest BCUT2D eigenvalue weighted by Gasteiger charge is 2.09. The Bertz CT molecular complexity index is 552. The summed E-state index contributed by atoms with van der Waals surface area (Å²) in [7, 11) is 0. The lowest BCUT2D eigenvalue weighted by Crippen LogP contribution is -2.18. The molecule has 1 atom stereocenters. The third-order valence-electron chi connectivity index (χ3n) is 3.00. The van der Waals surface area contributed by atoms with Gasteiger partial charge in [0.1, 0.15) is 0 Å². The molecule has 0 aliphatic rings. The third-order valence-corrected chi connectivity index (χ3v) is 4.20. The smallest absolute Gasteiger partial charge is 0.0465 e. The van der Waals surface area contributed by atoms with Crippen LogP contribution in [-0.4, -0.2) is 0 Å². The van der Waals surface area contributed by atoms with Gasteiger partial charge in [-0.3, -0.25) is 0 Å². The summed E-state index contributed by atoms with van der Waals surface area (Å²) in [6.45, 7) is 2.76. The molecule has 0 aliphatic carbocycles. The van der Waals surface area contributed by atoms with E-state index >= 15 is 0 Å². The van der Waals surface area contributed by atoms with Crippen LogP contribution in [0.25, 0.3) is 0 Å². The maximum Gasteiger partial charge on any atom is 0.0465 e. The van der Waals surface area contributed by atoms with Gasteiger partial charge < -0.3 is 5.32 Å². The predicted molar refractivity (Wildman–Crippen MR) is 85.9 cm³/mol. The van der Waals surface area contributed by atoms with E-state index in [1.54, 1.807) is 0 Å². The first kappa shape index (κ1) is 14.9. The van der Waals surface area contributed by atoms with Crippen LogP contribution in [0.3, 0.4) is 0 Å². The molecule has 1 N–H and O–H groups in total. The number of nitrogens with one attached hydrogen (secondary N) is 1. The lowest BCUT2D eigenvalue weighted by atomic mass is 10.1. The molecule has 0 spiro atoms. The topological polar surface area (TPSA) is 12.0 Å². The SMILES string of the molecule is C[C@H](NCc1c(Cl)cccc1Cl)c1cccc(Br)c1. The summed E-state index contributed by atoms with van der Waals surface area (Å²) < 4.78 is 1.08. The van der Waals surface area contributed by atoms with Gasteiger partial charge in [-0.15, -0.1) is 0 Å². The number of benzene rings is 2. The van der Waals surface area contributed by atoms with E-state index in [0.29, 0.717) is 16.6 Å². The van der Waals surface area contributed by atoms with Crippen molar-refractivity contribution in [3.05, 3.63) is 68.1 Å². The zero-order valence-corrected chi connectivity index (χ0v) is 13.6. The van der Waals surface area contributed by atoms with Crippen molar-refractivity contribution in [2.75, 3.05) is 0 Å². The van der Waals surface area contributed by atoms with Crippen molar-refractivity contribution in [1.29, 1.82) is 0 Å². The van der Waals surface area contributed by atoms with Gasteiger partial charge in [0.05, 0.1) is 0 Å². The minimum Gasteiger partial charge on any atom is -0.306 e. The van der Waals surface area contributed by atoms with Crippen molar-refractivity contribution >= 4 is 39.1 Å². The molecule has 0 heterocycles. The van der Waals surface area contributed by atoms with Gasteiger partial charge in [0.2, 0.25) is 0 Å². The standard InChI is InChI=1S/C15H14BrCl2N/c1-10(11-4-2-5-12(16)8-11)19-9-13-14(17)6-3-7-15(13)18/h2-8,10,19H,9H2,1H3/t10-/m0/s1. The van der Waals surface area contributed by atoms with Crippen LogP contribution in [0.5, 0.6) is 0 Å². The fourth-order valence-corrected chi connectivity index (χ4v) is 2.80. The molecule has 2 aromatic carbocycles. The molecule has 19 heavy (non-hydrogen) atoms. The van der Waals surface area contributed by atoms with Gasteiger partial charge in [-0.1, -0.05) is 57.3 Å². The van der Waals surface area contributed by atoms with Crippen LogP contribution in [0.4, 0.5) is 0 Å². The molecule has 1 nitrogen and oxygen atoms in total. The fourth-order valence-electron chi connectivity index (χ4n) is 1.85. The summed E-state index contributed by atoms with van der Waals surface area (Å²) in [4.78, 5) is 0. The molecule has 2 aromatic rings. The normalized spacial score (nSPS) is 12.4. The molecule has 2 rings (SSSR count). The first-order chi connectivity index (χ1) is 9.08. The average Bonchev–Trinajstić information content (AvgIpc) is 2.38. The zero-order chi connectivity index (χ0) is 13.8. The van der Waals surface area contributed by atoms with E-state index in [-0.39, 0.29) is 6.04 Å². The van der Waals surface area contributed by atoms with E-state index in [2.05, 4.69) is 40.3 Å². The summed E-state index contributed by atoms with van der Waals surface area (Å²) in [5, 5.41) is 4.83. The van der Waals surface area contributed by atoms with E-state index in [9.17, 15) is 0 Å². The minimum atomic E-state index is 0.227. The number of hydrogen-bond donors (Lipinski definition) is 1. The molecule has 0 radical (unpaired) electrons. The maximum atomic E-state index is 6.15. The van der Waals surface area contributed by atoms with Gasteiger partial charge >= 0.3 is 0 Å². The van der Waals surface area contributed by atoms with Crippen molar-refractivity contribution in [2.45, 2.75) is 19.5 Å². The van der Waals surface area contributed by atoms with Gasteiger partial charge in [-0.25, -0.2) is 0 Å². The monoisotopic (exact) mass is 357 g/mol. The van der Waals surface area contributed by atoms with Crippen molar-refractivity contribution in [2.24, 2.45) is 0 Å². The van der Waals surface area contributed by atoms with Gasteiger partial charge in [0, 0.05) is 32.7 Å². The first-order valence-corrected chi connectivity index (χ1v) is 7.54. The van der Waals surface area contributed by atoms with Gasteiger partial charge in [0.15, 0.2) is 0 Å². The van der Waals surface area contributed by atoms with Gasteiger partial charge in [-0.2, -0.15) is 0 Å². The largest absolute Gasteiger partial charge is 0.306 e. The van der Waals surface area contributed by atoms with Gasteiger partial charge in [0.25, 0.3) is 0 Å². The molecular formula is C15H14BrCl2N. The predicted octanol–water partition coefficient (Wildman–Crippen LogP) is 5.61. The molecule has 0 bridgehead atoms. The molecule has 0 amide bonds. The minimum absolute atomic E-state index is 0.227. The van der Waals surface area contributed by atoms with Gasteiger partial charge in [-0.05, 0) is 36.8 Å². The Balaban J connectivity index is 2.06. The van der Waals surface area contributed by atoms with Crippen LogP contribution < -0.4 is 5.32 Å². The second-order valence-corrected chi connectivity index (χ2v) is 6.09. The Hall–Kier alpha value is -0.540. The molecule has 4 heteroatoms. The van der Waals surface area contributed by atoms with Crippen molar-refractivity contribution < 1.29 is 0 Å². The van der Waals surface area contributed by atoms with Crippen LogP contribution in [0.1, 0.15) is 24.1 Å². The lowest BCUT2D eigenvalue weighted by molar-refractivity contribution is 0.574. The summed E-state index contributed by atoms with van der Waals surface area (Å²) in [5.74, 6) is 0. The molecule has 0 aromatic heterocycles. The van der Waals surface area contributed by atoms with Crippen molar-refractivity contribution in [3.8, 4) is 0 Å². The van der Waals surface area contributed by atoms with Crippen LogP contribution in [0, 0.1) is 0 Å². The van der Waals surface area contributed by atoms with E-state index in [0.717, 1.165) is 10.0 Å². The number of halogens is 3. The van der Waals surface area contributed by atoms with E-state index < -0.39 is 0 Å². The van der Waals surface area contributed by atoms with E-state index in [1.807, 2.05) is 30.3 Å². The van der Waals surface area contributed by atoms with Crippen LogP contribution in [0.15, 0.2) is 46.9 Å². The van der Waals surface area contributed by atoms with Crippen LogP contribution >= 0.6 is 39.1 Å². The second-order valence-electron chi connectivity index (χ2n) is 4.36. The average molecular weight is 359 g/mol. The fraction of sp³-hybridized carbons (Fsp3) is 0.200. The highest BCUT2D eigenvalue weighted by atomic mass is 79.9. The second kappa shape index (κ2) is 6.76. The molecule has 0 unspecified atom stereocenters. The molecule has 100 valence electrons. The van der Waals surface area contributed by atoms with Crippen molar-refractivity contribution in [1.82, 2.24) is 5.32 Å². The molecule has 0 aliphatic heterocycles. The molecule has 0 saturated carbocycles. The number of rotatable bonds is 4. The maximum absolute atomic E-state index is 6.15. The van der Waals surface area contributed by atoms with Crippen molar-refractivity contribution in [3.63, 3.8) is 0 Å².